The van der Waals surface area contributed by atoms with Crippen LogP contribution in [0.5, 0.6) is 0 Å². The van der Waals surface area contributed by atoms with E-state index in [-0.39, 0.29) is 5.91 Å². The fraction of sp³-hybridized carbons (Fsp3) is 0.714. The molecule has 1 aromatic heterocycles. The number of rotatable bonds is 3. The molecule has 18 heavy (non-hydrogen) atoms. The smallest absolute Gasteiger partial charge is 0.272 e. The molecule has 1 heterocycles. The molecule has 2 unspecified atom stereocenters. The normalized spacial score (nSPS) is 28.1. The van der Waals surface area contributed by atoms with Gasteiger partial charge in [0, 0.05) is 17.7 Å². The monoisotopic (exact) mass is 247 g/mol. The van der Waals surface area contributed by atoms with Crippen molar-refractivity contribution in [1.82, 2.24) is 15.5 Å². The number of hydrogen-bond donors (Lipinski definition) is 2. The van der Waals surface area contributed by atoms with Crippen LogP contribution >= 0.6 is 0 Å². The highest BCUT2D eigenvalue weighted by Gasteiger charge is 2.28. The second-order valence-electron chi connectivity index (χ2n) is 5.82. The molecule has 1 aromatic rings. The van der Waals surface area contributed by atoms with Crippen molar-refractivity contribution in [3.05, 3.63) is 17.5 Å². The zero-order valence-electron chi connectivity index (χ0n) is 10.9. The maximum Gasteiger partial charge on any atom is 0.272 e. The van der Waals surface area contributed by atoms with E-state index in [9.17, 15) is 4.79 Å². The lowest BCUT2D eigenvalue weighted by Crippen LogP contribution is -2.41. The Kier molecular flexibility index (Phi) is 3.10. The van der Waals surface area contributed by atoms with E-state index in [1.54, 1.807) is 0 Å². The topological polar surface area (TPSA) is 57.8 Å². The summed E-state index contributed by atoms with van der Waals surface area (Å²) in [5, 5.41) is 10.3. The van der Waals surface area contributed by atoms with Crippen LogP contribution in [0.2, 0.25) is 0 Å². The van der Waals surface area contributed by atoms with Crippen molar-refractivity contribution in [3.63, 3.8) is 0 Å². The molecule has 2 aliphatic carbocycles. The summed E-state index contributed by atoms with van der Waals surface area (Å²) in [5.41, 5.74) is 1.67. The Morgan fingerprint density at radius 1 is 1.33 bits per heavy atom. The second kappa shape index (κ2) is 4.75. The van der Waals surface area contributed by atoms with E-state index >= 15 is 0 Å². The molecule has 2 N–H and O–H groups in total. The van der Waals surface area contributed by atoms with Gasteiger partial charge in [0.1, 0.15) is 5.69 Å². The fourth-order valence-corrected chi connectivity index (χ4v) is 2.83. The summed E-state index contributed by atoms with van der Waals surface area (Å²) < 4.78 is 0. The lowest BCUT2D eigenvalue weighted by atomic mass is 9.86. The molecule has 0 saturated heterocycles. The predicted molar refractivity (Wildman–Crippen MR) is 69.4 cm³/mol. The molecule has 0 radical (unpaired) electrons. The van der Waals surface area contributed by atoms with E-state index in [1.807, 2.05) is 6.07 Å². The molecular formula is C14H21N3O. The van der Waals surface area contributed by atoms with E-state index in [1.165, 1.54) is 32.1 Å². The molecule has 0 aliphatic heterocycles. The number of nitrogens with zero attached hydrogens (tertiary/aromatic N) is 1. The van der Waals surface area contributed by atoms with Gasteiger partial charge in [0.05, 0.1) is 0 Å². The van der Waals surface area contributed by atoms with Gasteiger partial charge in [-0.25, -0.2) is 0 Å². The number of H-pyrrole nitrogens is 1. The molecule has 2 fully saturated rings. The van der Waals surface area contributed by atoms with Gasteiger partial charge in [-0.3, -0.25) is 9.89 Å². The first kappa shape index (κ1) is 11.8. The van der Waals surface area contributed by atoms with Gasteiger partial charge < -0.3 is 5.32 Å². The van der Waals surface area contributed by atoms with Crippen LogP contribution < -0.4 is 5.32 Å². The summed E-state index contributed by atoms with van der Waals surface area (Å²) in [6, 6.07) is 2.24. The molecule has 2 aliphatic rings. The highest BCUT2D eigenvalue weighted by Crippen LogP contribution is 2.39. The Hall–Kier alpha value is -1.32. The van der Waals surface area contributed by atoms with Gasteiger partial charge in [0.15, 0.2) is 0 Å². The average molecular weight is 247 g/mol. The predicted octanol–water partition coefficient (Wildman–Crippen LogP) is 2.60. The molecule has 98 valence electrons. The van der Waals surface area contributed by atoms with Crippen LogP contribution in [0.3, 0.4) is 0 Å². The molecule has 3 rings (SSSR count). The molecule has 2 atom stereocenters. The van der Waals surface area contributed by atoms with Crippen LogP contribution in [0, 0.1) is 5.92 Å². The van der Waals surface area contributed by atoms with Crippen molar-refractivity contribution in [3.8, 4) is 0 Å². The minimum atomic E-state index is -0.0168. The van der Waals surface area contributed by atoms with Crippen LogP contribution in [-0.4, -0.2) is 22.1 Å². The van der Waals surface area contributed by atoms with E-state index in [2.05, 4.69) is 22.4 Å². The summed E-state index contributed by atoms with van der Waals surface area (Å²) in [7, 11) is 0. The second-order valence-corrected chi connectivity index (χ2v) is 5.82. The Balaban J connectivity index is 1.62. The molecular weight excluding hydrogens is 226 g/mol. The molecule has 0 bridgehead atoms. The van der Waals surface area contributed by atoms with E-state index in [4.69, 9.17) is 0 Å². The Labute approximate surface area is 108 Å². The first-order valence-corrected chi connectivity index (χ1v) is 7.10. The maximum absolute atomic E-state index is 12.1. The highest BCUT2D eigenvalue weighted by atomic mass is 16.2. The summed E-state index contributed by atoms with van der Waals surface area (Å²) >= 11 is 0. The van der Waals surface area contributed by atoms with Gasteiger partial charge in [0.25, 0.3) is 5.91 Å². The summed E-state index contributed by atoms with van der Waals surface area (Å²) in [5.74, 6) is 1.19. The SMILES string of the molecule is CC1CCCCC1NC(=O)c1cc(C2CC2)[nH]n1. The van der Waals surface area contributed by atoms with Crippen molar-refractivity contribution in [2.24, 2.45) is 5.92 Å². The molecule has 1 amide bonds. The zero-order valence-corrected chi connectivity index (χ0v) is 10.9. The Morgan fingerprint density at radius 2 is 2.11 bits per heavy atom. The van der Waals surface area contributed by atoms with Crippen LogP contribution in [0.25, 0.3) is 0 Å². The number of aromatic nitrogens is 2. The van der Waals surface area contributed by atoms with Crippen LogP contribution in [0.1, 0.15) is 67.5 Å². The summed E-state index contributed by atoms with van der Waals surface area (Å²) in [6.07, 6.45) is 7.29. The highest BCUT2D eigenvalue weighted by molar-refractivity contribution is 5.92. The number of carbonyl (C=O) groups is 1. The lowest BCUT2D eigenvalue weighted by Gasteiger charge is -2.29. The minimum Gasteiger partial charge on any atom is -0.348 e. The van der Waals surface area contributed by atoms with Gasteiger partial charge in [0.2, 0.25) is 0 Å². The standard InChI is InChI=1S/C14H21N3O/c1-9-4-2-3-5-11(9)15-14(18)13-8-12(16-17-13)10-6-7-10/h8-11H,2-7H2,1H3,(H,15,18)(H,16,17). The number of hydrogen-bond acceptors (Lipinski definition) is 2. The first-order valence-electron chi connectivity index (χ1n) is 7.10. The largest absolute Gasteiger partial charge is 0.348 e. The third-order valence-corrected chi connectivity index (χ3v) is 4.28. The van der Waals surface area contributed by atoms with Crippen molar-refractivity contribution < 1.29 is 4.79 Å². The minimum absolute atomic E-state index is 0.0168. The van der Waals surface area contributed by atoms with Crippen LogP contribution in [0.15, 0.2) is 6.07 Å². The van der Waals surface area contributed by atoms with Crippen molar-refractivity contribution >= 4 is 5.91 Å². The van der Waals surface area contributed by atoms with Crippen LogP contribution in [-0.2, 0) is 0 Å². The fourth-order valence-electron chi connectivity index (χ4n) is 2.83. The zero-order chi connectivity index (χ0) is 12.5. The van der Waals surface area contributed by atoms with Gasteiger partial charge in [-0.05, 0) is 37.7 Å². The molecule has 4 heteroatoms. The summed E-state index contributed by atoms with van der Waals surface area (Å²) in [6.45, 7) is 2.23. The third-order valence-electron chi connectivity index (χ3n) is 4.28. The molecule has 0 spiro atoms. The van der Waals surface area contributed by atoms with Gasteiger partial charge in [-0.2, -0.15) is 5.10 Å². The first-order chi connectivity index (χ1) is 8.74. The van der Waals surface area contributed by atoms with Gasteiger partial charge >= 0.3 is 0 Å². The van der Waals surface area contributed by atoms with Crippen molar-refractivity contribution in [2.45, 2.75) is 57.4 Å². The summed E-state index contributed by atoms with van der Waals surface area (Å²) in [4.78, 5) is 12.1. The average Bonchev–Trinajstić information content (AvgIpc) is 3.10. The Bertz CT molecular complexity index is 436. The van der Waals surface area contributed by atoms with E-state index < -0.39 is 0 Å². The quantitative estimate of drug-likeness (QED) is 0.862. The number of nitrogens with one attached hydrogen (secondary N) is 2. The third kappa shape index (κ3) is 2.42. The molecule has 4 nitrogen and oxygen atoms in total. The lowest BCUT2D eigenvalue weighted by molar-refractivity contribution is 0.0905. The van der Waals surface area contributed by atoms with Gasteiger partial charge in [-0.1, -0.05) is 19.8 Å². The number of carbonyl (C=O) groups excluding carboxylic acids is 1. The Morgan fingerprint density at radius 3 is 2.83 bits per heavy atom. The van der Waals surface area contributed by atoms with E-state index in [0.717, 1.165) is 12.1 Å². The number of amides is 1. The maximum atomic E-state index is 12.1. The van der Waals surface area contributed by atoms with Gasteiger partial charge in [-0.15, -0.1) is 0 Å². The van der Waals surface area contributed by atoms with Crippen molar-refractivity contribution in [1.29, 1.82) is 0 Å². The van der Waals surface area contributed by atoms with E-state index in [0.29, 0.717) is 23.6 Å². The number of aromatic amines is 1. The van der Waals surface area contributed by atoms with Crippen molar-refractivity contribution in [2.75, 3.05) is 0 Å². The molecule has 0 aromatic carbocycles. The molecule has 2 saturated carbocycles. The van der Waals surface area contributed by atoms with Crippen LogP contribution in [0.4, 0.5) is 0 Å².